The first-order valence-electron chi connectivity index (χ1n) is 13.3. The average Bonchev–Trinajstić information content (AvgIpc) is 3.50. The van der Waals surface area contributed by atoms with Gasteiger partial charge in [0.1, 0.15) is 30.3 Å². The minimum absolute atomic E-state index is 0.145. The normalized spacial score (nSPS) is 13.3. The van der Waals surface area contributed by atoms with Crippen molar-refractivity contribution in [2.75, 3.05) is 50.1 Å². The molecule has 10 nitrogen and oxygen atoms in total. The lowest BCUT2D eigenvalue weighted by atomic mass is 10.2. The zero-order valence-corrected chi connectivity index (χ0v) is 22.7. The third kappa shape index (κ3) is 5.44. The third-order valence-corrected chi connectivity index (χ3v) is 7.01. The highest BCUT2D eigenvalue weighted by Crippen LogP contribution is 2.35. The molecule has 1 aliphatic heterocycles. The van der Waals surface area contributed by atoms with E-state index >= 15 is 0 Å². The number of rotatable bonds is 8. The van der Waals surface area contributed by atoms with Crippen molar-refractivity contribution in [3.63, 3.8) is 0 Å². The molecule has 6 rings (SSSR count). The molecule has 1 fully saturated rings. The Hall–Kier alpha value is -5.25. The number of piperazine rings is 1. The largest absolute Gasteiger partial charge is 0.493 e. The maximum Gasteiger partial charge on any atom is 0.321 e. The first kappa shape index (κ1) is 26.0. The van der Waals surface area contributed by atoms with E-state index in [-0.39, 0.29) is 6.03 Å². The van der Waals surface area contributed by atoms with E-state index < -0.39 is 0 Å². The number of methoxy groups -OCH3 is 1. The van der Waals surface area contributed by atoms with Gasteiger partial charge in [-0.05, 0) is 48.5 Å². The molecule has 0 saturated carbocycles. The molecular weight excluding hydrogens is 520 g/mol. The SMILES string of the molecule is C=CCOc1cc2ncnc(N3CCN(C(=O)Nc4ccc(Oc5cccc6[nH]ccc56)cc4)CC3)c2cc1OC. The maximum atomic E-state index is 13.0. The van der Waals surface area contributed by atoms with Crippen LogP contribution in [0.3, 0.4) is 0 Å². The minimum atomic E-state index is -0.145. The molecule has 2 amide bonds. The highest BCUT2D eigenvalue weighted by Gasteiger charge is 2.24. The molecule has 1 aliphatic rings. The Morgan fingerprint density at radius 3 is 2.61 bits per heavy atom. The molecular formula is C31H30N6O4. The molecule has 1 saturated heterocycles. The second-order valence-electron chi connectivity index (χ2n) is 9.54. The molecule has 2 N–H and O–H groups in total. The number of carbonyl (C=O) groups excluding carboxylic acids is 1. The number of hydrogen-bond donors (Lipinski definition) is 2. The summed E-state index contributed by atoms with van der Waals surface area (Å²) in [5.74, 6) is 3.47. The Morgan fingerprint density at radius 1 is 1.00 bits per heavy atom. The Balaban J connectivity index is 1.08. The number of urea groups is 1. The number of aromatic nitrogens is 3. The molecule has 3 aromatic carbocycles. The van der Waals surface area contributed by atoms with Crippen molar-refractivity contribution >= 4 is 39.3 Å². The van der Waals surface area contributed by atoms with Crippen LogP contribution in [0.1, 0.15) is 0 Å². The van der Waals surface area contributed by atoms with E-state index in [1.807, 2.05) is 66.9 Å². The number of carbonyl (C=O) groups is 1. The number of nitrogens with zero attached hydrogens (tertiary/aromatic N) is 4. The summed E-state index contributed by atoms with van der Waals surface area (Å²) in [6.07, 6.45) is 5.12. The number of ether oxygens (including phenoxy) is 3. The van der Waals surface area contributed by atoms with E-state index in [1.165, 1.54) is 0 Å². The lowest BCUT2D eigenvalue weighted by Crippen LogP contribution is -2.50. The van der Waals surface area contributed by atoms with E-state index in [4.69, 9.17) is 14.2 Å². The summed E-state index contributed by atoms with van der Waals surface area (Å²) in [6.45, 7) is 6.44. The number of anilines is 2. The summed E-state index contributed by atoms with van der Waals surface area (Å²) in [7, 11) is 1.60. The molecule has 10 heteroatoms. The van der Waals surface area contributed by atoms with Crippen LogP contribution >= 0.6 is 0 Å². The molecule has 0 spiro atoms. The fraction of sp³-hybridized carbons (Fsp3) is 0.194. The summed E-state index contributed by atoms with van der Waals surface area (Å²) >= 11 is 0. The van der Waals surface area contributed by atoms with Crippen LogP contribution in [0.4, 0.5) is 16.3 Å². The molecule has 0 atom stereocenters. The number of H-pyrrole nitrogens is 1. The first-order valence-corrected chi connectivity index (χ1v) is 13.3. The quantitative estimate of drug-likeness (QED) is 0.234. The highest BCUT2D eigenvalue weighted by atomic mass is 16.5. The van der Waals surface area contributed by atoms with Gasteiger partial charge in [-0.1, -0.05) is 18.7 Å². The van der Waals surface area contributed by atoms with Gasteiger partial charge < -0.3 is 34.3 Å². The number of benzene rings is 3. The molecule has 5 aromatic rings. The van der Waals surface area contributed by atoms with Gasteiger partial charge in [-0.25, -0.2) is 14.8 Å². The zero-order valence-electron chi connectivity index (χ0n) is 22.7. The molecule has 0 bridgehead atoms. The lowest BCUT2D eigenvalue weighted by Gasteiger charge is -2.35. The Morgan fingerprint density at radius 2 is 1.83 bits per heavy atom. The van der Waals surface area contributed by atoms with Crippen molar-refractivity contribution in [3.8, 4) is 23.0 Å². The predicted molar refractivity (Wildman–Crippen MR) is 159 cm³/mol. The smallest absolute Gasteiger partial charge is 0.321 e. The van der Waals surface area contributed by atoms with Crippen molar-refractivity contribution in [1.82, 2.24) is 19.9 Å². The molecule has 208 valence electrons. The Bertz CT molecular complexity index is 1690. The van der Waals surface area contributed by atoms with Gasteiger partial charge in [0.25, 0.3) is 0 Å². The van der Waals surface area contributed by atoms with E-state index in [9.17, 15) is 4.79 Å². The number of nitrogens with one attached hydrogen (secondary N) is 2. The van der Waals surface area contributed by atoms with Crippen molar-refractivity contribution in [1.29, 1.82) is 0 Å². The van der Waals surface area contributed by atoms with Gasteiger partial charge in [0.05, 0.1) is 12.6 Å². The molecule has 0 radical (unpaired) electrons. The van der Waals surface area contributed by atoms with Crippen LogP contribution in [0, 0.1) is 0 Å². The van der Waals surface area contributed by atoms with Crippen LogP contribution in [-0.2, 0) is 0 Å². The van der Waals surface area contributed by atoms with Gasteiger partial charge in [-0.15, -0.1) is 0 Å². The lowest BCUT2D eigenvalue weighted by molar-refractivity contribution is 0.208. The average molecular weight is 551 g/mol. The van der Waals surface area contributed by atoms with Gasteiger partial charge >= 0.3 is 6.03 Å². The van der Waals surface area contributed by atoms with Gasteiger partial charge in [0.15, 0.2) is 11.5 Å². The summed E-state index contributed by atoms with van der Waals surface area (Å²) in [6, 6.07) is 18.9. The highest BCUT2D eigenvalue weighted by molar-refractivity contribution is 5.93. The van der Waals surface area contributed by atoms with Gasteiger partial charge in [-0.3, -0.25) is 0 Å². The molecule has 0 unspecified atom stereocenters. The van der Waals surface area contributed by atoms with Crippen molar-refractivity contribution in [2.45, 2.75) is 0 Å². The van der Waals surface area contributed by atoms with Crippen molar-refractivity contribution in [3.05, 3.63) is 85.8 Å². The molecule has 0 aliphatic carbocycles. The second kappa shape index (κ2) is 11.5. The predicted octanol–water partition coefficient (Wildman–Crippen LogP) is 5.83. The van der Waals surface area contributed by atoms with E-state index in [0.29, 0.717) is 55.7 Å². The number of amides is 2. The second-order valence-corrected chi connectivity index (χ2v) is 9.54. The summed E-state index contributed by atoms with van der Waals surface area (Å²) in [4.78, 5) is 29.2. The van der Waals surface area contributed by atoms with E-state index in [0.717, 1.165) is 33.4 Å². The van der Waals surface area contributed by atoms with E-state index in [2.05, 4.69) is 31.7 Å². The van der Waals surface area contributed by atoms with Crippen LogP contribution in [-0.4, -0.2) is 65.8 Å². The zero-order chi connectivity index (χ0) is 28.2. The van der Waals surface area contributed by atoms with Crippen LogP contribution in [0.2, 0.25) is 0 Å². The topological polar surface area (TPSA) is 105 Å². The van der Waals surface area contributed by atoms with Crippen molar-refractivity contribution < 1.29 is 19.0 Å². The number of fused-ring (bicyclic) bond motifs is 2. The van der Waals surface area contributed by atoms with Gasteiger partial charge in [-0.2, -0.15) is 0 Å². The minimum Gasteiger partial charge on any atom is -0.493 e. The standard InChI is InChI=1S/C31H30N6O4/c1-3-17-40-29-19-26-24(18-28(29)39-2)30(34-20-33-26)36-13-15-37(16-14-36)31(38)35-21-7-9-22(10-8-21)41-27-6-4-5-25-23(27)11-12-32-25/h3-12,18-20,32H,1,13-17H2,2H3,(H,35,38). The fourth-order valence-corrected chi connectivity index (χ4v) is 4.93. The van der Waals surface area contributed by atoms with Crippen LogP contribution in [0.25, 0.3) is 21.8 Å². The monoisotopic (exact) mass is 550 g/mol. The molecule has 2 aromatic heterocycles. The van der Waals surface area contributed by atoms with Gasteiger partial charge in [0.2, 0.25) is 0 Å². The fourth-order valence-electron chi connectivity index (χ4n) is 4.93. The number of aromatic amines is 1. The summed E-state index contributed by atoms with van der Waals surface area (Å²) < 4.78 is 17.3. The maximum absolute atomic E-state index is 13.0. The van der Waals surface area contributed by atoms with Crippen LogP contribution in [0.5, 0.6) is 23.0 Å². The summed E-state index contributed by atoms with van der Waals surface area (Å²) in [5, 5.41) is 4.87. The molecule has 3 heterocycles. The Kier molecular flexibility index (Phi) is 7.27. The van der Waals surface area contributed by atoms with Gasteiger partial charge in [0, 0.05) is 60.4 Å². The van der Waals surface area contributed by atoms with Crippen molar-refractivity contribution in [2.24, 2.45) is 0 Å². The third-order valence-electron chi connectivity index (χ3n) is 7.01. The van der Waals surface area contributed by atoms with Crippen LogP contribution in [0.15, 0.2) is 85.8 Å². The molecule has 41 heavy (non-hydrogen) atoms. The first-order chi connectivity index (χ1) is 20.1. The Labute approximate surface area is 237 Å². The number of hydrogen-bond acceptors (Lipinski definition) is 7. The van der Waals surface area contributed by atoms with E-state index in [1.54, 1.807) is 24.4 Å². The van der Waals surface area contributed by atoms with Crippen LogP contribution < -0.4 is 24.4 Å². The summed E-state index contributed by atoms with van der Waals surface area (Å²) in [5.41, 5.74) is 2.47.